The number of nitrogens with two attached hydrogens (primary N) is 1. The third-order valence-electron chi connectivity index (χ3n) is 3.91. The van der Waals surface area contributed by atoms with Crippen molar-refractivity contribution in [2.75, 3.05) is 6.54 Å². The summed E-state index contributed by atoms with van der Waals surface area (Å²) in [5.41, 5.74) is 6.73. The highest BCUT2D eigenvalue weighted by Gasteiger charge is 2.30. The van der Waals surface area contributed by atoms with Gasteiger partial charge < -0.3 is 5.73 Å². The third-order valence-corrected chi connectivity index (χ3v) is 3.91. The molecule has 8 heteroatoms. The number of carbonyl (C=O) groups is 1. The Balaban J connectivity index is 1.76. The lowest BCUT2D eigenvalue weighted by molar-refractivity contribution is -0.137. The first kappa shape index (κ1) is 16.4. The largest absolute Gasteiger partial charge is 0.416 e. The van der Waals surface area contributed by atoms with Gasteiger partial charge in [0.15, 0.2) is 0 Å². The van der Waals surface area contributed by atoms with Crippen molar-refractivity contribution in [3.63, 3.8) is 0 Å². The molecule has 2 heterocycles. The van der Waals surface area contributed by atoms with E-state index in [9.17, 15) is 18.0 Å². The van der Waals surface area contributed by atoms with Gasteiger partial charge in [-0.2, -0.15) is 13.2 Å². The second kappa shape index (κ2) is 6.20. The van der Waals surface area contributed by atoms with Crippen molar-refractivity contribution in [2.24, 2.45) is 5.73 Å². The van der Waals surface area contributed by atoms with Gasteiger partial charge in [-0.25, -0.2) is 9.97 Å². The third kappa shape index (κ3) is 3.53. The summed E-state index contributed by atoms with van der Waals surface area (Å²) in [5.74, 6) is -0.748. The number of hydrogen-bond acceptors (Lipinski definition) is 4. The molecule has 0 aliphatic carbocycles. The Hall–Kier alpha value is -2.48. The summed E-state index contributed by atoms with van der Waals surface area (Å²) in [6.45, 7) is 1.50. The molecule has 0 saturated carbocycles. The first-order valence-corrected chi connectivity index (χ1v) is 7.36. The van der Waals surface area contributed by atoms with Gasteiger partial charge in [0.25, 0.3) is 5.91 Å². The van der Waals surface area contributed by atoms with Crippen molar-refractivity contribution < 1.29 is 18.0 Å². The summed E-state index contributed by atoms with van der Waals surface area (Å²) in [5, 5.41) is 0. The molecule has 0 bridgehead atoms. The van der Waals surface area contributed by atoms with Crippen LogP contribution in [0.2, 0.25) is 0 Å². The number of amides is 1. The van der Waals surface area contributed by atoms with E-state index < -0.39 is 17.6 Å². The molecule has 1 amide bonds. The van der Waals surface area contributed by atoms with Crippen LogP contribution in [-0.2, 0) is 25.7 Å². The number of alkyl halides is 3. The van der Waals surface area contributed by atoms with E-state index in [1.165, 1.54) is 6.07 Å². The smallest absolute Gasteiger partial charge is 0.363 e. The lowest BCUT2D eigenvalue weighted by Gasteiger charge is -2.28. The fourth-order valence-electron chi connectivity index (χ4n) is 2.72. The molecule has 1 aliphatic heterocycles. The van der Waals surface area contributed by atoms with Gasteiger partial charge in [-0.15, -0.1) is 0 Å². The van der Waals surface area contributed by atoms with Crippen LogP contribution in [0.4, 0.5) is 13.2 Å². The molecule has 5 nitrogen and oxygen atoms in total. The first-order chi connectivity index (χ1) is 11.3. The van der Waals surface area contributed by atoms with E-state index in [0.717, 1.165) is 17.7 Å². The van der Waals surface area contributed by atoms with Gasteiger partial charge in [0, 0.05) is 25.8 Å². The van der Waals surface area contributed by atoms with Crippen LogP contribution in [0.1, 0.15) is 33.0 Å². The van der Waals surface area contributed by atoms with E-state index in [1.54, 1.807) is 12.3 Å². The number of hydrogen-bond donors (Lipinski definition) is 1. The minimum Gasteiger partial charge on any atom is -0.363 e. The van der Waals surface area contributed by atoms with E-state index >= 15 is 0 Å². The van der Waals surface area contributed by atoms with Gasteiger partial charge in [-0.05, 0) is 23.6 Å². The van der Waals surface area contributed by atoms with Gasteiger partial charge >= 0.3 is 6.18 Å². The zero-order valence-electron chi connectivity index (χ0n) is 12.7. The topological polar surface area (TPSA) is 72.1 Å². The SMILES string of the molecule is NC(=O)c1ncc2c(n1)CN(Cc1cccc(C(F)(F)F)c1)CC2. The quantitative estimate of drug-likeness (QED) is 0.932. The molecule has 0 radical (unpaired) electrons. The average Bonchev–Trinajstić information content (AvgIpc) is 2.53. The second-order valence-electron chi connectivity index (χ2n) is 5.69. The molecule has 3 rings (SSSR count). The van der Waals surface area contributed by atoms with Gasteiger partial charge in [0.1, 0.15) is 0 Å². The molecule has 2 N–H and O–H groups in total. The lowest BCUT2D eigenvalue weighted by Crippen LogP contribution is -2.32. The Morgan fingerprint density at radius 2 is 2.12 bits per heavy atom. The Morgan fingerprint density at radius 1 is 1.33 bits per heavy atom. The molecule has 24 heavy (non-hydrogen) atoms. The maximum atomic E-state index is 12.8. The van der Waals surface area contributed by atoms with Crippen LogP contribution in [0.15, 0.2) is 30.5 Å². The molecule has 0 fully saturated rings. The van der Waals surface area contributed by atoms with Crippen molar-refractivity contribution in [3.8, 4) is 0 Å². The first-order valence-electron chi connectivity index (χ1n) is 7.36. The standard InChI is InChI=1S/C16H15F3N4O/c17-16(18,19)12-3-1-2-10(6-12)8-23-5-4-11-7-21-15(14(20)24)22-13(11)9-23/h1-3,6-7H,4-5,8-9H2,(H2,20,24). The van der Waals surface area contributed by atoms with Gasteiger partial charge in [-0.3, -0.25) is 9.69 Å². The zero-order valence-corrected chi connectivity index (χ0v) is 12.7. The number of fused-ring (bicyclic) bond motifs is 1. The molecule has 1 aromatic heterocycles. The highest BCUT2D eigenvalue weighted by atomic mass is 19.4. The Labute approximate surface area is 136 Å². The Kier molecular flexibility index (Phi) is 4.23. The molecule has 0 unspecified atom stereocenters. The minimum absolute atomic E-state index is 0.0466. The van der Waals surface area contributed by atoms with E-state index in [4.69, 9.17) is 5.73 Å². The second-order valence-corrected chi connectivity index (χ2v) is 5.69. The van der Waals surface area contributed by atoms with E-state index in [0.29, 0.717) is 37.3 Å². The summed E-state index contributed by atoms with van der Waals surface area (Å²) in [4.78, 5) is 21.2. The van der Waals surface area contributed by atoms with Crippen molar-refractivity contribution in [1.29, 1.82) is 0 Å². The number of rotatable bonds is 3. The molecule has 126 valence electrons. The van der Waals surface area contributed by atoms with Crippen LogP contribution in [0.3, 0.4) is 0 Å². The van der Waals surface area contributed by atoms with Crippen molar-refractivity contribution in [1.82, 2.24) is 14.9 Å². The zero-order chi connectivity index (χ0) is 17.3. The van der Waals surface area contributed by atoms with Gasteiger partial charge in [-0.1, -0.05) is 18.2 Å². The summed E-state index contributed by atoms with van der Waals surface area (Å²) in [6, 6.07) is 5.29. The average molecular weight is 336 g/mol. The lowest BCUT2D eigenvalue weighted by atomic mass is 10.0. The Morgan fingerprint density at radius 3 is 2.83 bits per heavy atom. The maximum Gasteiger partial charge on any atom is 0.416 e. The highest BCUT2D eigenvalue weighted by Crippen LogP contribution is 2.30. The summed E-state index contributed by atoms with van der Waals surface area (Å²) >= 11 is 0. The van der Waals surface area contributed by atoms with Gasteiger partial charge in [0.05, 0.1) is 11.3 Å². The highest BCUT2D eigenvalue weighted by molar-refractivity contribution is 5.88. The predicted octanol–water partition coefficient (Wildman–Crippen LogP) is 2.15. The molecular formula is C16H15F3N4O. The van der Waals surface area contributed by atoms with Crippen molar-refractivity contribution in [3.05, 3.63) is 58.7 Å². The predicted molar refractivity (Wildman–Crippen MR) is 79.8 cm³/mol. The molecule has 1 aromatic carbocycles. The molecule has 0 spiro atoms. The minimum atomic E-state index is -4.35. The number of aromatic nitrogens is 2. The molecule has 1 aliphatic rings. The summed E-state index contributed by atoms with van der Waals surface area (Å²) in [7, 11) is 0. The van der Waals surface area contributed by atoms with Crippen molar-refractivity contribution >= 4 is 5.91 Å². The fraction of sp³-hybridized carbons (Fsp3) is 0.312. The van der Waals surface area contributed by atoms with Crippen LogP contribution in [-0.4, -0.2) is 27.3 Å². The molecule has 2 aromatic rings. The van der Waals surface area contributed by atoms with E-state index in [2.05, 4.69) is 9.97 Å². The van der Waals surface area contributed by atoms with E-state index in [1.807, 2.05) is 4.90 Å². The monoisotopic (exact) mass is 336 g/mol. The van der Waals surface area contributed by atoms with Gasteiger partial charge in [0.2, 0.25) is 5.82 Å². The van der Waals surface area contributed by atoms with Crippen molar-refractivity contribution in [2.45, 2.75) is 25.7 Å². The maximum absolute atomic E-state index is 12.8. The molecule has 0 saturated heterocycles. The Bertz CT molecular complexity index is 776. The number of benzene rings is 1. The molecule has 0 atom stereocenters. The van der Waals surface area contributed by atoms with E-state index in [-0.39, 0.29) is 5.82 Å². The van der Waals surface area contributed by atoms with Crippen LogP contribution in [0.5, 0.6) is 0 Å². The fourth-order valence-corrected chi connectivity index (χ4v) is 2.72. The summed E-state index contributed by atoms with van der Waals surface area (Å²) < 4.78 is 38.4. The summed E-state index contributed by atoms with van der Waals surface area (Å²) in [6.07, 6.45) is -2.09. The van der Waals surface area contributed by atoms with Crippen LogP contribution in [0, 0.1) is 0 Å². The number of nitrogens with zero attached hydrogens (tertiary/aromatic N) is 3. The number of carbonyl (C=O) groups excluding carboxylic acids is 1. The normalized spacial score (nSPS) is 15.1. The van der Waals surface area contributed by atoms with Crippen LogP contribution in [0.25, 0.3) is 0 Å². The number of halogens is 3. The molecular weight excluding hydrogens is 321 g/mol. The van der Waals surface area contributed by atoms with Crippen LogP contribution < -0.4 is 5.73 Å². The van der Waals surface area contributed by atoms with Crippen LogP contribution >= 0.6 is 0 Å². The number of primary amides is 1.